The van der Waals surface area contributed by atoms with Gasteiger partial charge in [0.05, 0.1) is 22.8 Å². The summed E-state index contributed by atoms with van der Waals surface area (Å²) < 4.78 is 1.55. The van der Waals surface area contributed by atoms with Crippen LogP contribution in [0.5, 0.6) is 0 Å². The summed E-state index contributed by atoms with van der Waals surface area (Å²) in [5.41, 5.74) is 2.12. The maximum absolute atomic E-state index is 13.2. The molecule has 2 N–H and O–H groups in total. The molecule has 4 rings (SSSR count). The van der Waals surface area contributed by atoms with E-state index in [0.29, 0.717) is 39.1 Å². The lowest BCUT2D eigenvalue weighted by Crippen LogP contribution is -2.38. The number of benzene rings is 2. The molecule has 178 valence electrons. The van der Waals surface area contributed by atoms with Gasteiger partial charge in [-0.2, -0.15) is 5.10 Å². The fourth-order valence-corrected chi connectivity index (χ4v) is 4.59. The third-order valence-corrected chi connectivity index (χ3v) is 6.46. The first-order valence-corrected chi connectivity index (χ1v) is 12.0. The van der Waals surface area contributed by atoms with Crippen LogP contribution in [0.3, 0.4) is 0 Å². The molecule has 2 aromatic carbocycles. The second-order valence-corrected chi connectivity index (χ2v) is 9.12. The Kier molecular flexibility index (Phi) is 7.88. The molecule has 0 radical (unpaired) electrons. The quantitative estimate of drug-likeness (QED) is 0.468. The zero-order valence-corrected chi connectivity index (χ0v) is 20.1. The van der Waals surface area contributed by atoms with Crippen LogP contribution in [0.15, 0.2) is 48.5 Å². The number of nitrogens with zero attached hydrogens (tertiary/aromatic N) is 3. The summed E-state index contributed by atoms with van der Waals surface area (Å²) >= 11 is 12.5. The minimum Gasteiger partial charge on any atom is -0.481 e. The maximum Gasteiger partial charge on any atom is 0.307 e. The smallest absolute Gasteiger partial charge is 0.307 e. The van der Waals surface area contributed by atoms with E-state index in [-0.39, 0.29) is 12.1 Å². The Balaban J connectivity index is 1.73. The topological polar surface area (TPSA) is 87.5 Å². The number of aromatic nitrogens is 2. The van der Waals surface area contributed by atoms with Crippen LogP contribution in [0.4, 0.5) is 0 Å². The monoisotopic (exact) mass is 500 g/mol. The molecule has 9 heteroatoms. The molecule has 7 nitrogen and oxygen atoms in total. The Morgan fingerprint density at radius 2 is 1.71 bits per heavy atom. The van der Waals surface area contributed by atoms with E-state index in [1.165, 1.54) is 19.3 Å². The Bertz CT molecular complexity index is 1170. The number of carbonyl (C=O) groups is 2. The summed E-state index contributed by atoms with van der Waals surface area (Å²) in [5, 5.41) is 18.1. The first-order chi connectivity index (χ1) is 16.4. The number of piperidine rings is 1. The standard InChI is InChI=1S/C25H26Cl2N4O3/c26-18-10-8-17(9-11-18)24-19(16-22(32)33)23(29-31(24)21-7-3-2-6-20(21)27)25(34)28-12-15-30-13-4-1-5-14-30/h2-3,6-11H,1,4-5,12-16H2,(H,28,34)(H,32,33). The van der Waals surface area contributed by atoms with Gasteiger partial charge in [0.2, 0.25) is 0 Å². The molecule has 0 spiro atoms. The number of hydrogen-bond acceptors (Lipinski definition) is 4. The molecule has 2 heterocycles. The van der Waals surface area contributed by atoms with Gasteiger partial charge in [0.25, 0.3) is 5.91 Å². The van der Waals surface area contributed by atoms with Crippen LogP contribution in [0.2, 0.25) is 10.0 Å². The van der Waals surface area contributed by atoms with Crippen LogP contribution >= 0.6 is 23.2 Å². The van der Waals surface area contributed by atoms with Crippen molar-refractivity contribution in [1.82, 2.24) is 20.0 Å². The van der Waals surface area contributed by atoms with Gasteiger partial charge in [0.15, 0.2) is 5.69 Å². The van der Waals surface area contributed by atoms with Crippen molar-refractivity contribution in [2.24, 2.45) is 0 Å². The van der Waals surface area contributed by atoms with Gasteiger partial charge in [-0.1, -0.05) is 53.9 Å². The Morgan fingerprint density at radius 1 is 1.00 bits per heavy atom. The van der Waals surface area contributed by atoms with Gasteiger partial charge in [0.1, 0.15) is 0 Å². The van der Waals surface area contributed by atoms with E-state index in [1.807, 2.05) is 6.07 Å². The highest BCUT2D eigenvalue weighted by molar-refractivity contribution is 6.32. The molecule has 0 aliphatic carbocycles. The second kappa shape index (κ2) is 11.0. The van der Waals surface area contributed by atoms with E-state index in [1.54, 1.807) is 47.1 Å². The molecule has 1 aliphatic rings. The number of para-hydroxylation sites is 1. The van der Waals surface area contributed by atoms with Gasteiger partial charge < -0.3 is 15.3 Å². The number of carbonyl (C=O) groups excluding carboxylic acids is 1. The SMILES string of the molecule is O=C(O)Cc1c(C(=O)NCCN2CCCCC2)nn(-c2ccccc2Cl)c1-c1ccc(Cl)cc1. The third kappa shape index (κ3) is 5.60. The summed E-state index contributed by atoms with van der Waals surface area (Å²) in [6, 6.07) is 14.1. The number of carboxylic acids is 1. The minimum atomic E-state index is -1.06. The Hall–Kier alpha value is -2.87. The van der Waals surface area contributed by atoms with E-state index >= 15 is 0 Å². The number of amides is 1. The Labute approximate surface area is 208 Å². The molecule has 0 saturated carbocycles. The van der Waals surface area contributed by atoms with Crippen LogP contribution in [0, 0.1) is 0 Å². The summed E-state index contributed by atoms with van der Waals surface area (Å²) in [6.45, 7) is 3.26. The van der Waals surface area contributed by atoms with E-state index in [0.717, 1.165) is 19.6 Å². The number of hydrogen-bond donors (Lipinski definition) is 2. The third-order valence-electron chi connectivity index (χ3n) is 5.89. The zero-order chi connectivity index (χ0) is 24.1. The number of carboxylic acid groups (broad SMARTS) is 1. The molecule has 3 aromatic rings. The lowest BCUT2D eigenvalue weighted by Gasteiger charge is -2.26. The lowest BCUT2D eigenvalue weighted by molar-refractivity contribution is -0.136. The zero-order valence-electron chi connectivity index (χ0n) is 18.6. The van der Waals surface area contributed by atoms with Crippen LogP contribution in [-0.4, -0.2) is 57.8 Å². The van der Waals surface area contributed by atoms with Crippen molar-refractivity contribution in [3.63, 3.8) is 0 Å². The highest BCUT2D eigenvalue weighted by Crippen LogP contribution is 2.33. The molecule has 1 saturated heterocycles. The van der Waals surface area contributed by atoms with E-state index in [2.05, 4.69) is 15.3 Å². The number of nitrogens with one attached hydrogen (secondary N) is 1. The highest BCUT2D eigenvalue weighted by Gasteiger charge is 2.27. The number of halogens is 2. The van der Waals surface area contributed by atoms with Crippen molar-refractivity contribution in [2.45, 2.75) is 25.7 Å². The summed E-state index contributed by atoms with van der Waals surface area (Å²) in [5.74, 6) is -1.47. The van der Waals surface area contributed by atoms with Crippen LogP contribution in [0.1, 0.15) is 35.3 Å². The minimum absolute atomic E-state index is 0.0749. The first-order valence-electron chi connectivity index (χ1n) is 11.3. The molecule has 34 heavy (non-hydrogen) atoms. The predicted molar refractivity (Wildman–Crippen MR) is 133 cm³/mol. The Morgan fingerprint density at radius 3 is 2.38 bits per heavy atom. The molecule has 0 unspecified atom stereocenters. The van der Waals surface area contributed by atoms with Crippen molar-refractivity contribution in [2.75, 3.05) is 26.2 Å². The molecule has 1 aromatic heterocycles. The normalized spacial score (nSPS) is 14.2. The number of rotatable bonds is 8. The fraction of sp³-hybridized carbons (Fsp3) is 0.320. The number of likely N-dealkylation sites (tertiary alicyclic amines) is 1. The summed E-state index contributed by atoms with van der Waals surface area (Å²) in [4.78, 5) is 27.3. The summed E-state index contributed by atoms with van der Waals surface area (Å²) in [7, 11) is 0. The first kappa shape index (κ1) is 24.3. The van der Waals surface area contributed by atoms with Crippen LogP contribution in [-0.2, 0) is 11.2 Å². The van der Waals surface area contributed by atoms with Crippen molar-refractivity contribution >= 4 is 35.1 Å². The van der Waals surface area contributed by atoms with Gasteiger partial charge >= 0.3 is 5.97 Å². The van der Waals surface area contributed by atoms with Gasteiger partial charge in [-0.15, -0.1) is 0 Å². The average Bonchev–Trinajstić information content (AvgIpc) is 3.19. The van der Waals surface area contributed by atoms with Crippen molar-refractivity contribution in [3.05, 3.63) is 69.8 Å². The fourth-order valence-electron chi connectivity index (χ4n) is 4.25. The molecule has 1 aliphatic heterocycles. The summed E-state index contributed by atoms with van der Waals surface area (Å²) in [6.07, 6.45) is 3.22. The largest absolute Gasteiger partial charge is 0.481 e. The molecular weight excluding hydrogens is 475 g/mol. The van der Waals surface area contributed by atoms with Crippen molar-refractivity contribution < 1.29 is 14.7 Å². The highest BCUT2D eigenvalue weighted by atomic mass is 35.5. The maximum atomic E-state index is 13.2. The van der Waals surface area contributed by atoms with E-state index in [4.69, 9.17) is 23.2 Å². The average molecular weight is 501 g/mol. The number of aliphatic carboxylic acids is 1. The molecule has 1 amide bonds. The van der Waals surface area contributed by atoms with Gasteiger partial charge in [-0.25, -0.2) is 4.68 Å². The predicted octanol–water partition coefficient (Wildman–Crippen LogP) is 4.69. The van der Waals surface area contributed by atoms with E-state index < -0.39 is 11.9 Å². The van der Waals surface area contributed by atoms with Crippen LogP contribution < -0.4 is 5.32 Å². The second-order valence-electron chi connectivity index (χ2n) is 8.27. The lowest BCUT2D eigenvalue weighted by atomic mass is 10.0. The van der Waals surface area contributed by atoms with Gasteiger partial charge in [-0.3, -0.25) is 9.59 Å². The van der Waals surface area contributed by atoms with Crippen LogP contribution in [0.25, 0.3) is 16.9 Å². The molecular formula is C25H26Cl2N4O3. The molecule has 0 atom stereocenters. The van der Waals surface area contributed by atoms with Crippen molar-refractivity contribution in [1.29, 1.82) is 0 Å². The van der Waals surface area contributed by atoms with E-state index in [9.17, 15) is 14.7 Å². The van der Waals surface area contributed by atoms with Gasteiger partial charge in [-0.05, 0) is 50.2 Å². The van der Waals surface area contributed by atoms with Gasteiger partial charge in [0, 0.05) is 29.2 Å². The molecule has 1 fully saturated rings. The molecule has 0 bridgehead atoms. The van der Waals surface area contributed by atoms with Crippen molar-refractivity contribution in [3.8, 4) is 16.9 Å².